The van der Waals surface area contributed by atoms with Crippen LogP contribution in [-0.4, -0.2) is 67.1 Å². The lowest BCUT2D eigenvalue weighted by Crippen LogP contribution is -2.41. The topological polar surface area (TPSA) is 33.8 Å². The van der Waals surface area contributed by atoms with Gasteiger partial charge in [-0.3, -0.25) is 14.7 Å². The Labute approximate surface area is 289 Å². The molecule has 48 heavy (non-hydrogen) atoms. The summed E-state index contributed by atoms with van der Waals surface area (Å²) in [4.78, 5) is 7.76. The first-order valence-electron chi connectivity index (χ1n) is 17.6. The summed E-state index contributed by atoms with van der Waals surface area (Å²) in [6.45, 7) is 12.7. The standard InChI is InChI=1S/C43H53N5/c1-6-16-39(17-7-1)34-45-28-30-47(36-41-20-10-3-11-21-41)33-32-46(35-40-18-8-2-9-19-40)29-26-44-27-31-48(37-42-22-12-4-13-23-42)38-43-24-14-5-15-25-43/h1-25,44-45H,26-38H2. The molecule has 0 unspecified atom stereocenters. The second-order valence-electron chi connectivity index (χ2n) is 12.6. The Bertz CT molecular complexity index is 1460. The van der Waals surface area contributed by atoms with Crippen molar-refractivity contribution in [3.63, 3.8) is 0 Å². The van der Waals surface area contributed by atoms with Gasteiger partial charge in [0.05, 0.1) is 0 Å². The fourth-order valence-electron chi connectivity index (χ4n) is 6.07. The quantitative estimate of drug-likeness (QED) is 0.0792. The van der Waals surface area contributed by atoms with Gasteiger partial charge in [0.2, 0.25) is 0 Å². The minimum atomic E-state index is 0.903. The molecule has 0 aliphatic heterocycles. The molecule has 250 valence electrons. The third-order valence-electron chi connectivity index (χ3n) is 8.71. The van der Waals surface area contributed by atoms with Crippen molar-refractivity contribution >= 4 is 0 Å². The first-order chi connectivity index (χ1) is 23.8. The highest BCUT2D eigenvalue weighted by Gasteiger charge is 2.12. The maximum absolute atomic E-state index is 3.78. The lowest BCUT2D eigenvalue weighted by Gasteiger charge is -2.28. The maximum atomic E-state index is 3.78. The maximum Gasteiger partial charge on any atom is 0.0237 e. The Hall–Kier alpha value is -4.10. The Morgan fingerprint density at radius 1 is 0.292 bits per heavy atom. The molecule has 5 aromatic rings. The molecule has 0 aliphatic rings. The molecule has 0 aliphatic carbocycles. The SMILES string of the molecule is c1ccc(CNCCN(CCN(CCNCCN(Cc2ccccc2)Cc2ccccc2)Cc2ccccc2)Cc2ccccc2)cc1. The van der Waals surface area contributed by atoms with Crippen LogP contribution in [0.2, 0.25) is 0 Å². The van der Waals surface area contributed by atoms with Crippen LogP contribution in [0.15, 0.2) is 152 Å². The van der Waals surface area contributed by atoms with Crippen LogP contribution in [0.5, 0.6) is 0 Å². The van der Waals surface area contributed by atoms with Crippen LogP contribution in [0.3, 0.4) is 0 Å². The zero-order valence-corrected chi connectivity index (χ0v) is 28.5. The van der Waals surface area contributed by atoms with Crippen molar-refractivity contribution in [3.05, 3.63) is 179 Å². The second kappa shape index (κ2) is 21.0. The lowest BCUT2D eigenvalue weighted by molar-refractivity contribution is 0.192. The van der Waals surface area contributed by atoms with Crippen molar-refractivity contribution in [1.29, 1.82) is 0 Å². The van der Waals surface area contributed by atoms with Gasteiger partial charge in [0.25, 0.3) is 0 Å². The number of hydrogen-bond acceptors (Lipinski definition) is 5. The molecule has 0 bridgehead atoms. The number of benzene rings is 5. The van der Waals surface area contributed by atoms with Crippen LogP contribution in [0.1, 0.15) is 27.8 Å². The van der Waals surface area contributed by atoms with Gasteiger partial charge in [-0.05, 0) is 27.8 Å². The van der Waals surface area contributed by atoms with Crippen LogP contribution in [-0.2, 0) is 32.7 Å². The lowest BCUT2D eigenvalue weighted by atomic mass is 10.1. The molecule has 5 aromatic carbocycles. The first-order valence-corrected chi connectivity index (χ1v) is 17.6. The minimum Gasteiger partial charge on any atom is -0.314 e. The molecule has 5 nitrogen and oxygen atoms in total. The Balaban J connectivity index is 1.13. The van der Waals surface area contributed by atoms with Gasteiger partial charge in [0.1, 0.15) is 0 Å². The molecule has 0 saturated carbocycles. The highest BCUT2D eigenvalue weighted by molar-refractivity contribution is 5.18. The van der Waals surface area contributed by atoms with Crippen molar-refractivity contribution in [3.8, 4) is 0 Å². The van der Waals surface area contributed by atoms with Crippen LogP contribution in [0.4, 0.5) is 0 Å². The summed E-state index contributed by atoms with van der Waals surface area (Å²) >= 11 is 0. The summed E-state index contributed by atoms with van der Waals surface area (Å²) < 4.78 is 0. The minimum absolute atomic E-state index is 0.903. The highest BCUT2D eigenvalue weighted by Crippen LogP contribution is 2.11. The molecule has 0 amide bonds. The summed E-state index contributed by atoms with van der Waals surface area (Å²) in [6.07, 6.45) is 0. The fourth-order valence-corrected chi connectivity index (χ4v) is 6.07. The van der Waals surface area contributed by atoms with Crippen molar-refractivity contribution in [2.45, 2.75) is 32.7 Å². The normalized spacial score (nSPS) is 11.5. The number of hydrogen-bond donors (Lipinski definition) is 2. The zero-order chi connectivity index (χ0) is 32.9. The summed E-state index contributed by atoms with van der Waals surface area (Å²) in [7, 11) is 0. The third-order valence-corrected chi connectivity index (χ3v) is 8.71. The monoisotopic (exact) mass is 639 g/mol. The van der Waals surface area contributed by atoms with Crippen LogP contribution in [0.25, 0.3) is 0 Å². The molecule has 0 saturated heterocycles. The van der Waals surface area contributed by atoms with Gasteiger partial charge in [-0.1, -0.05) is 152 Å². The number of nitrogens with one attached hydrogen (secondary N) is 2. The van der Waals surface area contributed by atoms with Crippen molar-refractivity contribution in [2.75, 3.05) is 52.4 Å². The van der Waals surface area contributed by atoms with Gasteiger partial charge in [-0.15, -0.1) is 0 Å². The summed E-state index contributed by atoms with van der Waals surface area (Å²) in [6, 6.07) is 54.1. The smallest absolute Gasteiger partial charge is 0.0237 e. The van der Waals surface area contributed by atoms with Gasteiger partial charge in [-0.2, -0.15) is 0 Å². The first kappa shape index (κ1) is 35.2. The van der Waals surface area contributed by atoms with Crippen LogP contribution in [0, 0.1) is 0 Å². The molecule has 2 N–H and O–H groups in total. The molecule has 0 radical (unpaired) electrons. The average molecular weight is 640 g/mol. The summed E-state index contributed by atoms with van der Waals surface area (Å²) in [5.41, 5.74) is 6.79. The molecule has 0 spiro atoms. The highest BCUT2D eigenvalue weighted by atomic mass is 15.2. The van der Waals surface area contributed by atoms with Gasteiger partial charge in [-0.25, -0.2) is 0 Å². The molecule has 0 atom stereocenters. The number of nitrogens with zero attached hydrogens (tertiary/aromatic N) is 3. The summed E-state index contributed by atoms with van der Waals surface area (Å²) in [5, 5.41) is 7.45. The Morgan fingerprint density at radius 2 is 0.583 bits per heavy atom. The van der Waals surface area contributed by atoms with E-state index in [1.165, 1.54) is 27.8 Å². The predicted octanol–water partition coefficient (Wildman–Crippen LogP) is 7.07. The van der Waals surface area contributed by atoms with E-state index in [9.17, 15) is 0 Å². The van der Waals surface area contributed by atoms with Crippen molar-refractivity contribution < 1.29 is 0 Å². The second-order valence-corrected chi connectivity index (χ2v) is 12.6. The van der Waals surface area contributed by atoms with E-state index < -0.39 is 0 Å². The van der Waals surface area contributed by atoms with E-state index in [-0.39, 0.29) is 0 Å². The van der Waals surface area contributed by atoms with E-state index in [4.69, 9.17) is 0 Å². The van der Waals surface area contributed by atoms with E-state index in [0.717, 1.165) is 85.1 Å². The largest absolute Gasteiger partial charge is 0.314 e. The van der Waals surface area contributed by atoms with Gasteiger partial charge < -0.3 is 10.6 Å². The molecular weight excluding hydrogens is 587 g/mol. The number of rotatable bonds is 22. The fraction of sp³-hybridized carbons (Fsp3) is 0.302. The molecule has 5 rings (SSSR count). The molecule has 0 aromatic heterocycles. The summed E-state index contributed by atoms with van der Waals surface area (Å²) in [5.74, 6) is 0. The molecule has 0 fully saturated rings. The van der Waals surface area contributed by atoms with E-state index in [1.54, 1.807) is 0 Å². The van der Waals surface area contributed by atoms with Gasteiger partial charge in [0, 0.05) is 85.1 Å². The Kier molecular flexibility index (Phi) is 15.4. The van der Waals surface area contributed by atoms with Gasteiger partial charge >= 0.3 is 0 Å². The predicted molar refractivity (Wildman–Crippen MR) is 201 cm³/mol. The van der Waals surface area contributed by atoms with E-state index >= 15 is 0 Å². The molecular formula is C43H53N5. The van der Waals surface area contributed by atoms with E-state index in [0.29, 0.717) is 0 Å². The van der Waals surface area contributed by atoms with E-state index in [2.05, 4.69) is 177 Å². The van der Waals surface area contributed by atoms with Crippen molar-refractivity contribution in [1.82, 2.24) is 25.3 Å². The van der Waals surface area contributed by atoms with Crippen molar-refractivity contribution in [2.24, 2.45) is 0 Å². The van der Waals surface area contributed by atoms with Crippen LogP contribution < -0.4 is 10.6 Å². The Morgan fingerprint density at radius 3 is 0.958 bits per heavy atom. The van der Waals surface area contributed by atoms with Gasteiger partial charge in [0.15, 0.2) is 0 Å². The molecule has 5 heteroatoms. The molecule has 0 heterocycles. The third kappa shape index (κ3) is 13.6. The zero-order valence-electron chi connectivity index (χ0n) is 28.5. The van der Waals surface area contributed by atoms with Crippen LogP contribution >= 0.6 is 0 Å². The van der Waals surface area contributed by atoms with E-state index in [1.807, 2.05) is 0 Å². The average Bonchev–Trinajstić information content (AvgIpc) is 3.14.